The van der Waals surface area contributed by atoms with Gasteiger partial charge in [0, 0.05) is 31.2 Å². The molecule has 114 valence electrons. The average Bonchev–Trinajstić information content (AvgIpc) is 2.68. The molecule has 1 saturated carbocycles. The van der Waals surface area contributed by atoms with Gasteiger partial charge in [0.15, 0.2) is 0 Å². The van der Waals surface area contributed by atoms with E-state index in [1.54, 1.807) is 0 Å². The Labute approximate surface area is 127 Å². The lowest BCUT2D eigenvalue weighted by atomic mass is 9.86. The molecule has 3 nitrogen and oxygen atoms in total. The van der Waals surface area contributed by atoms with Crippen molar-refractivity contribution in [2.45, 2.75) is 58.0 Å². The predicted molar refractivity (Wildman–Crippen MR) is 86.3 cm³/mol. The maximum Gasteiger partial charge on any atom is 0.227 e. The zero-order chi connectivity index (χ0) is 14.7. The minimum Gasteiger partial charge on any atom is -0.311 e. The molecule has 0 saturated heterocycles. The van der Waals surface area contributed by atoms with E-state index in [2.05, 4.69) is 30.4 Å². The fourth-order valence-corrected chi connectivity index (χ4v) is 3.63. The van der Waals surface area contributed by atoms with E-state index >= 15 is 0 Å². The molecule has 1 heterocycles. The number of hydrogen-bond donors (Lipinski definition) is 1. The van der Waals surface area contributed by atoms with Gasteiger partial charge in [-0.3, -0.25) is 4.79 Å². The first-order valence-corrected chi connectivity index (χ1v) is 8.35. The van der Waals surface area contributed by atoms with E-state index in [4.69, 9.17) is 0 Å². The highest BCUT2D eigenvalue weighted by Crippen LogP contribution is 2.29. The molecule has 0 bridgehead atoms. The quantitative estimate of drug-likeness (QED) is 0.902. The van der Waals surface area contributed by atoms with E-state index in [-0.39, 0.29) is 0 Å². The molecular formula is C18H26N2O. The van der Waals surface area contributed by atoms with Crippen LogP contribution in [0.2, 0.25) is 0 Å². The van der Waals surface area contributed by atoms with Crippen LogP contribution < -0.4 is 10.2 Å². The number of fused-ring (bicyclic) bond motifs is 1. The van der Waals surface area contributed by atoms with Crippen LogP contribution in [0.3, 0.4) is 0 Å². The molecule has 1 N–H and O–H groups in total. The average molecular weight is 286 g/mol. The number of amides is 1. The molecule has 1 unspecified atom stereocenters. The Bertz CT molecular complexity index is 494. The Morgan fingerprint density at radius 1 is 1.24 bits per heavy atom. The van der Waals surface area contributed by atoms with E-state index < -0.39 is 0 Å². The summed E-state index contributed by atoms with van der Waals surface area (Å²) in [5, 5.41) is 3.50. The summed E-state index contributed by atoms with van der Waals surface area (Å²) in [7, 11) is 0. The fourth-order valence-electron chi connectivity index (χ4n) is 3.63. The van der Waals surface area contributed by atoms with E-state index in [9.17, 15) is 4.79 Å². The van der Waals surface area contributed by atoms with E-state index in [0.29, 0.717) is 17.9 Å². The lowest BCUT2D eigenvalue weighted by Gasteiger charge is -2.28. The van der Waals surface area contributed by atoms with Crippen molar-refractivity contribution in [2.75, 3.05) is 11.4 Å². The van der Waals surface area contributed by atoms with Crippen LogP contribution in [0.1, 0.15) is 51.0 Å². The number of hydrogen-bond acceptors (Lipinski definition) is 2. The van der Waals surface area contributed by atoms with Gasteiger partial charge in [0.2, 0.25) is 5.91 Å². The molecule has 3 rings (SSSR count). The summed E-state index contributed by atoms with van der Waals surface area (Å²) < 4.78 is 0. The minimum absolute atomic E-state index is 0.310. The van der Waals surface area contributed by atoms with Gasteiger partial charge in [-0.1, -0.05) is 37.5 Å². The Kier molecular flexibility index (Phi) is 4.59. The molecule has 0 aromatic heterocycles. The molecule has 3 heteroatoms. The third-order valence-electron chi connectivity index (χ3n) is 4.87. The number of anilines is 1. The van der Waals surface area contributed by atoms with Crippen molar-refractivity contribution in [3.05, 3.63) is 29.8 Å². The van der Waals surface area contributed by atoms with Crippen LogP contribution in [-0.4, -0.2) is 18.5 Å². The first-order chi connectivity index (χ1) is 10.2. The summed E-state index contributed by atoms with van der Waals surface area (Å²) in [6.07, 6.45) is 7.13. The van der Waals surface area contributed by atoms with Crippen molar-refractivity contribution in [3.8, 4) is 0 Å². The number of benzene rings is 1. The lowest BCUT2D eigenvalue weighted by molar-refractivity contribution is -0.119. The largest absolute Gasteiger partial charge is 0.311 e. The van der Waals surface area contributed by atoms with Crippen molar-refractivity contribution >= 4 is 11.6 Å². The Hall–Kier alpha value is -1.35. The number of nitrogens with zero attached hydrogens (tertiary/aromatic N) is 1. The number of rotatable bonds is 2. The molecule has 2 aliphatic rings. The second-order valence-corrected chi connectivity index (χ2v) is 6.62. The smallest absolute Gasteiger partial charge is 0.227 e. The van der Waals surface area contributed by atoms with Crippen molar-refractivity contribution in [1.82, 2.24) is 5.32 Å². The van der Waals surface area contributed by atoms with Crippen LogP contribution in [0, 0.1) is 5.92 Å². The van der Waals surface area contributed by atoms with Gasteiger partial charge in [-0.15, -0.1) is 0 Å². The number of carbonyl (C=O) groups is 1. The van der Waals surface area contributed by atoms with Gasteiger partial charge >= 0.3 is 0 Å². The highest BCUT2D eigenvalue weighted by molar-refractivity contribution is 5.94. The zero-order valence-electron chi connectivity index (χ0n) is 13.0. The molecule has 1 aliphatic heterocycles. The molecule has 1 fully saturated rings. The SMILES string of the molecule is CC1CN(C(=O)CC2CCCCC2)c2ccccc2CN1. The molecule has 1 aliphatic carbocycles. The monoisotopic (exact) mass is 286 g/mol. The van der Waals surface area contributed by atoms with Crippen LogP contribution in [0.25, 0.3) is 0 Å². The maximum absolute atomic E-state index is 12.8. The predicted octanol–water partition coefficient (Wildman–Crippen LogP) is 3.48. The maximum atomic E-state index is 12.8. The third kappa shape index (κ3) is 3.46. The molecule has 1 atom stereocenters. The van der Waals surface area contributed by atoms with Gasteiger partial charge in [0.25, 0.3) is 0 Å². The van der Waals surface area contributed by atoms with E-state index in [0.717, 1.165) is 25.2 Å². The van der Waals surface area contributed by atoms with Crippen molar-refractivity contribution in [3.63, 3.8) is 0 Å². The Morgan fingerprint density at radius 2 is 2.00 bits per heavy atom. The van der Waals surface area contributed by atoms with Crippen molar-refractivity contribution in [1.29, 1.82) is 0 Å². The first-order valence-electron chi connectivity index (χ1n) is 8.35. The minimum atomic E-state index is 0.310. The normalized spacial score (nSPS) is 23.5. The summed E-state index contributed by atoms with van der Waals surface area (Å²) in [6.45, 7) is 3.79. The second kappa shape index (κ2) is 6.61. The van der Waals surface area contributed by atoms with Gasteiger partial charge in [-0.2, -0.15) is 0 Å². The molecule has 1 aromatic rings. The Balaban J connectivity index is 1.76. The molecule has 21 heavy (non-hydrogen) atoms. The standard InChI is InChI=1S/C18H26N2O/c1-14-13-20(17-10-6-5-9-16(17)12-19-14)18(21)11-15-7-3-2-4-8-15/h5-6,9-10,14-15,19H,2-4,7-8,11-13H2,1H3. The first kappa shape index (κ1) is 14.6. The molecule has 1 aromatic carbocycles. The zero-order valence-corrected chi connectivity index (χ0v) is 13.0. The summed E-state index contributed by atoms with van der Waals surface area (Å²) in [4.78, 5) is 14.8. The van der Waals surface area contributed by atoms with Gasteiger partial charge < -0.3 is 10.2 Å². The van der Waals surface area contributed by atoms with Gasteiger partial charge in [0.1, 0.15) is 0 Å². The summed E-state index contributed by atoms with van der Waals surface area (Å²) >= 11 is 0. The Morgan fingerprint density at radius 3 is 2.81 bits per heavy atom. The topological polar surface area (TPSA) is 32.3 Å². The van der Waals surface area contributed by atoms with Crippen molar-refractivity contribution in [2.24, 2.45) is 5.92 Å². The summed E-state index contributed by atoms with van der Waals surface area (Å²) in [5.74, 6) is 0.912. The highest BCUT2D eigenvalue weighted by Gasteiger charge is 2.26. The fraction of sp³-hybridized carbons (Fsp3) is 0.611. The number of nitrogens with one attached hydrogen (secondary N) is 1. The lowest BCUT2D eigenvalue weighted by Crippen LogP contribution is -2.40. The van der Waals surface area contributed by atoms with Crippen LogP contribution in [0.15, 0.2) is 24.3 Å². The van der Waals surface area contributed by atoms with Crippen LogP contribution >= 0.6 is 0 Å². The third-order valence-corrected chi connectivity index (χ3v) is 4.87. The number of para-hydroxylation sites is 1. The molecule has 1 amide bonds. The summed E-state index contributed by atoms with van der Waals surface area (Å²) in [6, 6.07) is 8.65. The van der Waals surface area contributed by atoms with Crippen LogP contribution in [0.4, 0.5) is 5.69 Å². The number of carbonyl (C=O) groups excluding carboxylic acids is 1. The summed E-state index contributed by atoms with van der Waals surface area (Å²) in [5.41, 5.74) is 2.34. The van der Waals surface area contributed by atoms with Crippen LogP contribution in [-0.2, 0) is 11.3 Å². The van der Waals surface area contributed by atoms with Crippen LogP contribution in [0.5, 0.6) is 0 Å². The van der Waals surface area contributed by atoms with Crippen molar-refractivity contribution < 1.29 is 4.79 Å². The van der Waals surface area contributed by atoms with E-state index in [1.807, 2.05) is 11.0 Å². The second-order valence-electron chi connectivity index (χ2n) is 6.62. The molecule has 0 spiro atoms. The van der Waals surface area contributed by atoms with E-state index in [1.165, 1.54) is 37.7 Å². The van der Waals surface area contributed by atoms with Gasteiger partial charge in [-0.25, -0.2) is 0 Å². The molecule has 0 radical (unpaired) electrons. The van der Waals surface area contributed by atoms with Gasteiger partial charge in [0.05, 0.1) is 0 Å². The highest BCUT2D eigenvalue weighted by atomic mass is 16.2. The van der Waals surface area contributed by atoms with Gasteiger partial charge in [-0.05, 0) is 37.3 Å². The molecular weight excluding hydrogens is 260 g/mol.